The zero-order valence-electron chi connectivity index (χ0n) is 8.53. The third kappa shape index (κ3) is 2.37. The Hall–Kier alpha value is -1.33. The standard InChI is InChI=1S/C10H14N4S/c1-7(10-12-3-4-13-10)14-6-9-8(11)2-5-15-9/h2-5,7,14H,6,11H2,1H3,(H,12,13). The van der Waals surface area contributed by atoms with Crippen LogP contribution in [0.15, 0.2) is 23.8 Å². The van der Waals surface area contributed by atoms with Crippen molar-refractivity contribution in [2.75, 3.05) is 5.73 Å². The number of anilines is 1. The van der Waals surface area contributed by atoms with Crippen molar-refractivity contribution in [1.82, 2.24) is 15.3 Å². The number of nitrogens with two attached hydrogens (primary N) is 1. The van der Waals surface area contributed by atoms with Crippen LogP contribution in [0, 0.1) is 0 Å². The van der Waals surface area contributed by atoms with E-state index in [0.717, 1.165) is 18.1 Å². The Kier molecular flexibility index (Phi) is 3.03. The number of H-pyrrole nitrogens is 1. The summed E-state index contributed by atoms with van der Waals surface area (Å²) in [5, 5.41) is 5.37. The van der Waals surface area contributed by atoms with E-state index in [2.05, 4.69) is 22.2 Å². The number of imidazole rings is 1. The Bertz CT molecular complexity index is 407. The van der Waals surface area contributed by atoms with Crippen LogP contribution >= 0.6 is 11.3 Å². The highest BCUT2D eigenvalue weighted by molar-refractivity contribution is 7.10. The maximum Gasteiger partial charge on any atom is 0.122 e. The molecule has 1 atom stereocenters. The van der Waals surface area contributed by atoms with Crippen molar-refractivity contribution in [3.05, 3.63) is 34.5 Å². The summed E-state index contributed by atoms with van der Waals surface area (Å²) >= 11 is 1.67. The molecule has 0 saturated carbocycles. The molecule has 1 unspecified atom stereocenters. The number of hydrogen-bond donors (Lipinski definition) is 3. The second kappa shape index (κ2) is 4.46. The molecular formula is C10H14N4S. The van der Waals surface area contributed by atoms with Crippen molar-refractivity contribution >= 4 is 17.0 Å². The zero-order valence-corrected chi connectivity index (χ0v) is 9.34. The molecule has 0 aliphatic carbocycles. The van der Waals surface area contributed by atoms with Gasteiger partial charge in [-0.3, -0.25) is 0 Å². The molecule has 0 radical (unpaired) electrons. The smallest absolute Gasteiger partial charge is 0.122 e. The topological polar surface area (TPSA) is 66.7 Å². The van der Waals surface area contributed by atoms with E-state index in [-0.39, 0.29) is 6.04 Å². The SMILES string of the molecule is CC(NCc1sccc1N)c1ncc[nH]1. The van der Waals surface area contributed by atoms with E-state index in [4.69, 9.17) is 5.73 Å². The maximum atomic E-state index is 5.79. The zero-order chi connectivity index (χ0) is 10.7. The summed E-state index contributed by atoms with van der Waals surface area (Å²) in [6, 6.07) is 2.14. The Morgan fingerprint density at radius 3 is 3.13 bits per heavy atom. The monoisotopic (exact) mass is 222 g/mol. The van der Waals surface area contributed by atoms with Gasteiger partial charge in [-0.05, 0) is 18.4 Å². The van der Waals surface area contributed by atoms with E-state index in [1.54, 1.807) is 17.5 Å². The second-order valence-electron chi connectivity index (χ2n) is 3.38. The highest BCUT2D eigenvalue weighted by atomic mass is 32.1. The number of thiophene rings is 1. The second-order valence-corrected chi connectivity index (χ2v) is 4.38. The molecule has 0 bridgehead atoms. The minimum atomic E-state index is 0.210. The molecule has 2 rings (SSSR count). The number of hydrogen-bond acceptors (Lipinski definition) is 4. The first-order chi connectivity index (χ1) is 7.27. The van der Waals surface area contributed by atoms with Crippen LogP contribution in [0.4, 0.5) is 5.69 Å². The number of aromatic nitrogens is 2. The van der Waals surface area contributed by atoms with E-state index >= 15 is 0 Å². The summed E-state index contributed by atoms with van der Waals surface area (Å²) in [6.45, 7) is 2.86. The maximum absolute atomic E-state index is 5.79. The summed E-state index contributed by atoms with van der Waals surface area (Å²) in [7, 11) is 0. The van der Waals surface area contributed by atoms with Crippen molar-refractivity contribution in [2.45, 2.75) is 19.5 Å². The van der Waals surface area contributed by atoms with Gasteiger partial charge in [0.25, 0.3) is 0 Å². The fourth-order valence-corrected chi connectivity index (χ4v) is 2.10. The summed E-state index contributed by atoms with van der Waals surface area (Å²) in [6.07, 6.45) is 3.58. The van der Waals surface area contributed by atoms with Gasteiger partial charge in [-0.15, -0.1) is 11.3 Å². The molecule has 0 fully saturated rings. The van der Waals surface area contributed by atoms with Gasteiger partial charge >= 0.3 is 0 Å². The van der Waals surface area contributed by atoms with E-state index < -0.39 is 0 Å². The summed E-state index contributed by atoms with van der Waals surface area (Å²) in [4.78, 5) is 8.45. The van der Waals surface area contributed by atoms with E-state index in [9.17, 15) is 0 Å². The number of nitrogens with one attached hydrogen (secondary N) is 2. The molecule has 80 valence electrons. The molecule has 2 aromatic heterocycles. The number of aromatic amines is 1. The lowest BCUT2D eigenvalue weighted by molar-refractivity contribution is 0.555. The van der Waals surface area contributed by atoms with Gasteiger partial charge in [0.1, 0.15) is 5.82 Å². The van der Waals surface area contributed by atoms with E-state index in [1.807, 2.05) is 17.6 Å². The molecule has 0 amide bonds. The Morgan fingerprint density at radius 1 is 1.67 bits per heavy atom. The highest BCUT2D eigenvalue weighted by Gasteiger charge is 2.08. The van der Waals surface area contributed by atoms with Gasteiger partial charge < -0.3 is 16.0 Å². The van der Waals surface area contributed by atoms with Crippen molar-refractivity contribution in [1.29, 1.82) is 0 Å². The molecule has 2 aromatic rings. The third-order valence-corrected chi connectivity index (χ3v) is 3.21. The normalized spacial score (nSPS) is 12.9. The molecule has 0 aromatic carbocycles. The fourth-order valence-electron chi connectivity index (χ4n) is 1.35. The molecule has 4 nitrogen and oxygen atoms in total. The molecule has 15 heavy (non-hydrogen) atoms. The molecule has 4 N–H and O–H groups in total. The molecule has 2 heterocycles. The van der Waals surface area contributed by atoms with Crippen molar-refractivity contribution in [3.63, 3.8) is 0 Å². The van der Waals surface area contributed by atoms with Crippen LogP contribution in [0.5, 0.6) is 0 Å². The van der Waals surface area contributed by atoms with Gasteiger partial charge in [0.15, 0.2) is 0 Å². The molecule has 0 aliphatic heterocycles. The minimum Gasteiger partial charge on any atom is -0.398 e. The Labute approximate surface area is 92.5 Å². The number of rotatable bonds is 4. The van der Waals surface area contributed by atoms with Crippen LogP contribution in [0.25, 0.3) is 0 Å². The lowest BCUT2D eigenvalue weighted by Gasteiger charge is -2.10. The Morgan fingerprint density at radius 2 is 2.53 bits per heavy atom. The predicted octanol–water partition coefficient (Wildman–Crippen LogP) is 1.90. The average molecular weight is 222 g/mol. The summed E-state index contributed by atoms with van der Waals surface area (Å²) in [5.74, 6) is 0.949. The van der Waals surface area contributed by atoms with Crippen molar-refractivity contribution < 1.29 is 0 Å². The first-order valence-electron chi connectivity index (χ1n) is 4.82. The lowest BCUT2D eigenvalue weighted by Crippen LogP contribution is -2.19. The van der Waals surface area contributed by atoms with Crippen LogP contribution < -0.4 is 11.1 Å². The first-order valence-corrected chi connectivity index (χ1v) is 5.70. The van der Waals surface area contributed by atoms with Crippen molar-refractivity contribution in [2.24, 2.45) is 0 Å². The quantitative estimate of drug-likeness (QED) is 0.740. The van der Waals surface area contributed by atoms with E-state index in [1.165, 1.54) is 4.88 Å². The van der Waals surface area contributed by atoms with Gasteiger partial charge in [-0.25, -0.2) is 4.98 Å². The molecule has 5 heteroatoms. The molecule has 0 aliphatic rings. The first kappa shape index (κ1) is 10.2. The molecule has 0 spiro atoms. The van der Waals surface area contributed by atoms with Crippen LogP contribution in [-0.2, 0) is 6.54 Å². The number of nitrogen functional groups attached to an aromatic ring is 1. The average Bonchev–Trinajstić information content (AvgIpc) is 2.85. The summed E-state index contributed by atoms with van der Waals surface area (Å²) < 4.78 is 0. The van der Waals surface area contributed by atoms with Crippen LogP contribution in [0.3, 0.4) is 0 Å². The van der Waals surface area contributed by atoms with Gasteiger partial charge in [-0.2, -0.15) is 0 Å². The van der Waals surface area contributed by atoms with Gasteiger partial charge in [-0.1, -0.05) is 0 Å². The molecular weight excluding hydrogens is 208 g/mol. The van der Waals surface area contributed by atoms with Gasteiger partial charge in [0, 0.05) is 29.5 Å². The Balaban J connectivity index is 1.91. The largest absolute Gasteiger partial charge is 0.398 e. The minimum absolute atomic E-state index is 0.210. The fraction of sp³-hybridized carbons (Fsp3) is 0.300. The van der Waals surface area contributed by atoms with E-state index in [0.29, 0.717) is 0 Å². The lowest BCUT2D eigenvalue weighted by atomic mass is 10.3. The molecule has 0 saturated heterocycles. The van der Waals surface area contributed by atoms with Crippen LogP contribution in [-0.4, -0.2) is 9.97 Å². The third-order valence-electron chi connectivity index (χ3n) is 2.28. The van der Waals surface area contributed by atoms with Crippen molar-refractivity contribution in [3.8, 4) is 0 Å². The van der Waals surface area contributed by atoms with Crippen LogP contribution in [0.2, 0.25) is 0 Å². The van der Waals surface area contributed by atoms with Gasteiger partial charge in [0.05, 0.1) is 6.04 Å². The predicted molar refractivity (Wildman–Crippen MR) is 62.6 cm³/mol. The van der Waals surface area contributed by atoms with Crippen LogP contribution in [0.1, 0.15) is 23.7 Å². The number of nitrogens with zero attached hydrogens (tertiary/aromatic N) is 1. The summed E-state index contributed by atoms with van der Waals surface area (Å²) in [5.41, 5.74) is 6.65. The van der Waals surface area contributed by atoms with Gasteiger partial charge in [0.2, 0.25) is 0 Å². The highest BCUT2D eigenvalue weighted by Crippen LogP contribution is 2.19.